The molecule has 1 amide bonds. The molecule has 4 aliphatic carbocycles. The van der Waals surface area contributed by atoms with Crippen molar-refractivity contribution in [2.24, 2.45) is 23.2 Å². The van der Waals surface area contributed by atoms with Gasteiger partial charge in [-0.1, -0.05) is 88.2 Å². The largest absolute Gasteiger partial charge is 0.573 e. The number of carbonyl (C=O) groups is 2. The number of ketones is 1. The van der Waals surface area contributed by atoms with Crippen molar-refractivity contribution < 1.29 is 42.4 Å². The number of benzene rings is 3. The molecular formula is C50H60F3NO6S. The van der Waals surface area contributed by atoms with Crippen LogP contribution in [0.4, 0.5) is 18.0 Å². The summed E-state index contributed by atoms with van der Waals surface area (Å²) in [5.74, 6) is 0.101. The van der Waals surface area contributed by atoms with Crippen molar-refractivity contribution in [2.45, 2.75) is 135 Å². The number of carbonyl (C=O) groups excluding carboxylic acids is 2. The van der Waals surface area contributed by atoms with E-state index in [1.54, 1.807) is 0 Å². The molecule has 4 aromatic rings. The number of halogens is 3. The molecular weight excluding hydrogens is 800 g/mol. The molecule has 8 rings (SSSR count). The molecule has 0 spiro atoms. The Balaban J connectivity index is 1.27. The van der Waals surface area contributed by atoms with Crippen LogP contribution in [0.15, 0.2) is 84.4 Å². The number of rotatable bonds is 9. The van der Waals surface area contributed by atoms with Gasteiger partial charge in [0.25, 0.3) is 0 Å². The van der Waals surface area contributed by atoms with E-state index in [9.17, 15) is 33.0 Å². The van der Waals surface area contributed by atoms with E-state index < -0.39 is 29.6 Å². The first-order chi connectivity index (χ1) is 28.9. The maximum absolute atomic E-state index is 14.7. The highest BCUT2D eigenvalue weighted by atomic mass is 32.1. The maximum atomic E-state index is 14.7. The highest BCUT2D eigenvalue weighted by Gasteiger charge is 2.58. The van der Waals surface area contributed by atoms with E-state index in [4.69, 9.17) is 4.74 Å². The standard InChI is InChI=1S/C50H60F3NO6S/c1-31(2)39-20-13-33(4)25-43(39)59-47(57)54(29-34-14-18-38(19-15-34)60-50(51,52)53)30-49(58)24-22-42-40-21-16-35(26-37(55)17-12-32(3)9-8-23-48(42,49)5)27-41(40)46(56)45-28-36-10-6-7-11-44(36)61-45/h6-7,9-11,14-16,18-19,21,27-28,31,33,37,39,42-43,55,58H,8,12-13,17,20,22-26,29-30H2,1-5H3/t33-,37-,39+,42-,43-,48-,49+/m0/s1. The van der Waals surface area contributed by atoms with E-state index in [1.807, 2.05) is 48.5 Å². The van der Waals surface area contributed by atoms with Gasteiger partial charge in [-0.15, -0.1) is 24.5 Å². The molecule has 0 aliphatic heterocycles. The number of fused-ring (bicyclic) bond motifs is 9. The van der Waals surface area contributed by atoms with Crippen molar-refractivity contribution in [3.05, 3.63) is 112 Å². The number of nitrogens with zero attached hydrogens (tertiary/aromatic N) is 1. The summed E-state index contributed by atoms with van der Waals surface area (Å²) in [6.07, 6.45) is 2.36. The lowest BCUT2D eigenvalue weighted by Gasteiger charge is -2.46. The molecule has 0 radical (unpaired) electrons. The zero-order valence-corrected chi connectivity index (χ0v) is 36.8. The minimum Gasteiger partial charge on any atom is -0.446 e. The number of aliphatic hydroxyl groups excluding tert-OH is 1. The Morgan fingerprint density at radius 2 is 1.74 bits per heavy atom. The summed E-state index contributed by atoms with van der Waals surface area (Å²) < 4.78 is 50.7. The number of alkyl halides is 3. The Bertz CT molecular complexity index is 2180. The van der Waals surface area contributed by atoms with E-state index in [1.165, 1.54) is 40.5 Å². The number of hydrogen-bond donors (Lipinski definition) is 2. The monoisotopic (exact) mass is 859 g/mol. The van der Waals surface area contributed by atoms with Gasteiger partial charge in [0.15, 0.2) is 0 Å². The zero-order chi connectivity index (χ0) is 43.7. The van der Waals surface area contributed by atoms with Crippen molar-refractivity contribution in [2.75, 3.05) is 6.54 Å². The van der Waals surface area contributed by atoms with Gasteiger partial charge in [-0.3, -0.25) is 4.79 Å². The molecule has 3 aromatic carbocycles. The molecule has 11 heteroatoms. The third-order valence-corrected chi connectivity index (χ3v) is 15.1. The van der Waals surface area contributed by atoms with Gasteiger partial charge in [-0.25, -0.2) is 4.79 Å². The van der Waals surface area contributed by atoms with Gasteiger partial charge >= 0.3 is 12.5 Å². The number of thiophene rings is 1. The Morgan fingerprint density at radius 3 is 2.46 bits per heavy atom. The molecule has 1 heterocycles. The van der Waals surface area contributed by atoms with E-state index in [-0.39, 0.29) is 42.6 Å². The predicted molar refractivity (Wildman–Crippen MR) is 234 cm³/mol. The fraction of sp³-hybridized carbons (Fsp3) is 0.520. The Labute approximate surface area is 362 Å². The van der Waals surface area contributed by atoms with E-state index in [0.29, 0.717) is 72.8 Å². The molecule has 328 valence electrons. The van der Waals surface area contributed by atoms with Gasteiger partial charge in [-0.2, -0.15) is 0 Å². The van der Waals surface area contributed by atoms with Crippen LogP contribution < -0.4 is 4.74 Å². The molecule has 0 saturated heterocycles. The van der Waals surface area contributed by atoms with Crippen molar-refractivity contribution in [1.82, 2.24) is 4.90 Å². The average Bonchev–Trinajstić information content (AvgIpc) is 3.74. The maximum Gasteiger partial charge on any atom is 0.573 e. The van der Waals surface area contributed by atoms with E-state index in [0.717, 1.165) is 46.0 Å². The first-order valence-electron chi connectivity index (χ1n) is 21.9. The van der Waals surface area contributed by atoms with Gasteiger partial charge in [0.05, 0.1) is 23.1 Å². The van der Waals surface area contributed by atoms with Crippen molar-refractivity contribution >= 4 is 33.3 Å². The first-order valence-corrected chi connectivity index (χ1v) is 22.8. The van der Waals surface area contributed by atoms with Crippen LogP contribution in [0, 0.1) is 23.2 Å². The van der Waals surface area contributed by atoms with Crippen molar-refractivity contribution in [3.8, 4) is 5.75 Å². The normalized spacial score (nSPS) is 27.3. The second-order valence-corrected chi connectivity index (χ2v) is 19.8. The van der Waals surface area contributed by atoms with Crippen LogP contribution in [0.5, 0.6) is 5.75 Å². The summed E-state index contributed by atoms with van der Waals surface area (Å²) >= 11 is 1.45. The number of hydrogen-bond acceptors (Lipinski definition) is 7. The number of allylic oxidation sites excluding steroid dienone is 2. The van der Waals surface area contributed by atoms with Gasteiger partial charge in [0.2, 0.25) is 5.78 Å². The van der Waals surface area contributed by atoms with Crippen LogP contribution in [0.3, 0.4) is 0 Å². The summed E-state index contributed by atoms with van der Waals surface area (Å²) in [5.41, 5.74) is 1.69. The number of aliphatic hydroxyl groups is 2. The minimum atomic E-state index is -4.84. The fourth-order valence-electron chi connectivity index (χ4n) is 10.4. The second-order valence-electron chi connectivity index (χ2n) is 18.7. The Morgan fingerprint density at radius 1 is 0.984 bits per heavy atom. The van der Waals surface area contributed by atoms with Gasteiger partial charge in [-0.05, 0) is 141 Å². The molecule has 2 saturated carbocycles. The van der Waals surface area contributed by atoms with Crippen LogP contribution in [0.2, 0.25) is 0 Å². The smallest absolute Gasteiger partial charge is 0.446 e. The van der Waals surface area contributed by atoms with Crippen LogP contribution in [0.25, 0.3) is 10.1 Å². The van der Waals surface area contributed by atoms with Crippen molar-refractivity contribution in [1.29, 1.82) is 0 Å². The molecule has 61 heavy (non-hydrogen) atoms. The molecule has 2 N–H and O–H groups in total. The number of ether oxygens (including phenoxy) is 2. The zero-order valence-electron chi connectivity index (χ0n) is 36.0. The molecule has 2 fully saturated rings. The Kier molecular flexibility index (Phi) is 13.4. The average molecular weight is 860 g/mol. The molecule has 1 aromatic heterocycles. The summed E-state index contributed by atoms with van der Waals surface area (Å²) in [7, 11) is 0. The van der Waals surface area contributed by atoms with Crippen LogP contribution in [-0.2, 0) is 17.7 Å². The lowest BCUT2D eigenvalue weighted by molar-refractivity contribution is -0.274. The highest BCUT2D eigenvalue weighted by molar-refractivity contribution is 7.21. The molecule has 2 bridgehead atoms. The topological polar surface area (TPSA) is 96.3 Å². The van der Waals surface area contributed by atoms with Gasteiger partial charge in [0.1, 0.15) is 11.9 Å². The summed E-state index contributed by atoms with van der Waals surface area (Å²) in [4.78, 5) is 31.5. The Hall–Kier alpha value is -4.19. The lowest BCUT2D eigenvalue weighted by Crippen LogP contribution is -2.54. The third-order valence-electron chi connectivity index (χ3n) is 14.0. The van der Waals surface area contributed by atoms with Gasteiger partial charge in [0, 0.05) is 22.2 Å². The summed E-state index contributed by atoms with van der Waals surface area (Å²) in [5, 5.41) is 25.3. The first kappa shape index (κ1) is 44.9. The second kappa shape index (κ2) is 18.3. The van der Waals surface area contributed by atoms with E-state index >= 15 is 0 Å². The highest BCUT2D eigenvalue weighted by Crippen LogP contribution is 2.59. The molecule has 4 aliphatic rings. The third kappa shape index (κ3) is 10.2. The number of amides is 1. The fourth-order valence-corrected chi connectivity index (χ4v) is 11.4. The van der Waals surface area contributed by atoms with E-state index in [2.05, 4.69) is 45.4 Å². The minimum absolute atomic E-state index is 0.00544. The summed E-state index contributed by atoms with van der Waals surface area (Å²) in [6, 6.07) is 21.3. The van der Waals surface area contributed by atoms with Crippen LogP contribution in [0.1, 0.15) is 130 Å². The van der Waals surface area contributed by atoms with Gasteiger partial charge < -0.3 is 24.6 Å². The lowest BCUT2D eigenvalue weighted by atomic mass is 9.64. The molecule has 7 atom stereocenters. The quantitative estimate of drug-likeness (QED) is 0.129. The van der Waals surface area contributed by atoms with Crippen molar-refractivity contribution in [3.63, 3.8) is 0 Å². The molecule has 0 unspecified atom stereocenters. The molecule has 7 nitrogen and oxygen atoms in total. The van der Waals surface area contributed by atoms with Crippen LogP contribution in [-0.4, -0.2) is 57.7 Å². The SMILES string of the molecule is CC1=CCC[C@@]2(C)[C@@H](CC[C@@]2(O)CN(Cc2ccc(OC(F)(F)F)cc2)C(=O)O[C@H]2C[C@@H](C)CC[C@@H]2C(C)C)c2ccc(cc2C(=O)c2cc3ccccc3s2)C[C@@H](O)CC1. The summed E-state index contributed by atoms with van der Waals surface area (Å²) in [6.45, 7) is 10.5. The predicted octanol–water partition coefficient (Wildman–Crippen LogP) is 12.2. The van der Waals surface area contributed by atoms with Crippen LogP contribution >= 0.6 is 11.3 Å².